The van der Waals surface area contributed by atoms with E-state index >= 15 is 0 Å². The van der Waals surface area contributed by atoms with Gasteiger partial charge in [-0.05, 0) is 33.1 Å². The Morgan fingerprint density at radius 2 is 1.69 bits per heavy atom. The topological polar surface area (TPSA) is 35.5 Å². The van der Waals surface area contributed by atoms with Crippen LogP contribution >= 0.6 is 0 Å². The zero-order valence-electron chi connectivity index (χ0n) is 8.54. The fourth-order valence-corrected chi connectivity index (χ4v) is 0.991. The molecule has 0 aliphatic carbocycles. The molecule has 0 atom stereocenters. The first-order valence-electron chi connectivity index (χ1n) is 4.88. The van der Waals surface area contributed by atoms with Crippen molar-refractivity contribution in [1.29, 1.82) is 0 Å². The van der Waals surface area contributed by atoms with Crippen LogP contribution in [0.1, 0.15) is 39.5 Å². The summed E-state index contributed by atoms with van der Waals surface area (Å²) in [5.74, 6) is 0. The summed E-state index contributed by atoms with van der Waals surface area (Å²) in [6.45, 7) is 6.81. The molecule has 3 heteroatoms. The Bertz CT molecular complexity index is 113. The van der Waals surface area contributed by atoms with Gasteiger partial charge in [-0.1, -0.05) is 6.42 Å². The van der Waals surface area contributed by atoms with Crippen LogP contribution in [0.25, 0.3) is 0 Å². The molecule has 0 fully saturated rings. The first-order valence-corrected chi connectivity index (χ1v) is 4.88. The molecular weight excluding hydrogens is 168 g/mol. The van der Waals surface area contributed by atoms with E-state index in [1.165, 1.54) is 6.47 Å². The van der Waals surface area contributed by atoms with Crippen molar-refractivity contribution < 1.29 is 14.3 Å². The third-order valence-electron chi connectivity index (χ3n) is 1.65. The summed E-state index contributed by atoms with van der Waals surface area (Å²) < 4.78 is 9.82. The van der Waals surface area contributed by atoms with Crippen molar-refractivity contribution in [3.05, 3.63) is 0 Å². The summed E-state index contributed by atoms with van der Waals surface area (Å²) in [7, 11) is 0. The summed E-state index contributed by atoms with van der Waals surface area (Å²) in [6, 6.07) is 0. The van der Waals surface area contributed by atoms with Crippen molar-refractivity contribution in [2.75, 3.05) is 13.2 Å². The number of carbonyl (C=O) groups excluding carboxylic acids is 1. The Morgan fingerprint density at radius 1 is 1.08 bits per heavy atom. The van der Waals surface area contributed by atoms with Gasteiger partial charge in [0.25, 0.3) is 0 Å². The Labute approximate surface area is 80.4 Å². The summed E-state index contributed by atoms with van der Waals surface area (Å²) >= 11 is 0. The predicted octanol–water partition coefficient (Wildman–Crippen LogP) is 2.06. The van der Waals surface area contributed by atoms with Crippen LogP contribution in [0.15, 0.2) is 0 Å². The third-order valence-corrected chi connectivity index (χ3v) is 1.65. The van der Waals surface area contributed by atoms with E-state index in [2.05, 4.69) is 4.74 Å². The molecule has 0 unspecified atom stereocenters. The number of unbranched alkanes of at least 4 members (excludes halogenated alkanes) is 3. The van der Waals surface area contributed by atoms with Gasteiger partial charge in [-0.15, -0.1) is 0 Å². The number of ether oxygens (including phenoxy) is 2. The minimum atomic E-state index is 0.327. The largest absolute Gasteiger partial charge is 0.457 e. The normalized spacial score (nSPS) is 10.4. The van der Waals surface area contributed by atoms with E-state index in [1.54, 1.807) is 0 Å². The van der Waals surface area contributed by atoms with Crippen LogP contribution in [0.4, 0.5) is 0 Å². The SMILES string of the molecule is CC(C)OCCCCCCO[C]=O. The lowest BCUT2D eigenvalue weighted by Crippen LogP contribution is -2.03. The number of rotatable bonds is 9. The van der Waals surface area contributed by atoms with Crippen molar-refractivity contribution in [1.82, 2.24) is 0 Å². The second kappa shape index (κ2) is 9.52. The molecule has 0 aromatic carbocycles. The maximum atomic E-state index is 9.65. The number of hydrogen-bond acceptors (Lipinski definition) is 3. The molecule has 0 N–H and O–H groups in total. The monoisotopic (exact) mass is 187 g/mol. The molecule has 0 aromatic rings. The van der Waals surface area contributed by atoms with Gasteiger partial charge in [-0.2, -0.15) is 0 Å². The Kier molecular flexibility index (Phi) is 9.10. The van der Waals surface area contributed by atoms with Crippen LogP contribution < -0.4 is 0 Å². The third kappa shape index (κ3) is 11.4. The standard InChI is InChI=1S/C10H19O3/c1-10(2)13-8-6-4-3-5-7-12-9-11/h10H,3-8H2,1-2H3. The van der Waals surface area contributed by atoms with E-state index in [4.69, 9.17) is 4.74 Å². The summed E-state index contributed by atoms with van der Waals surface area (Å²) in [5, 5.41) is 0. The molecule has 77 valence electrons. The van der Waals surface area contributed by atoms with Gasteiger partial charge < -0.3 is 9.47 Å². The Balaban J connectivity index is 2.87. The van der Waals surface area contributed by atoms with E-state index in [-0.39, 0.29) is 0 Å². The molecule has 0 rings (SSSR count). The maximum absolute atomic E-state index is 9.65. The first kappa shape index (κ1) is 12.4. The van der Waals surface area contributed by atoms with Crippen LogP contribution in [-0.2, 0) is 14.3 Å². The quantitative estimate of drug-likeness (QED) is 0.518. The zero-order chi connectivity index (χ0) is 9.94. The molecule has 13 heavy (non-hydrogen) atoms. The minimum absolute atomic E-state index is 0.327. The van der Waals surface area contributed by atoms with Gasteiger partial charge in [0, 0.05) is 6.61 Å². The molecule has 1 radical (unpaired) electrons. The number of hydrogen-bond donors (Lipinski definition) is 0. The lowest BCUT2D eigenvalue weighted by atomic mass is 10.2. The first-order chi connectivity index (χ1) is 6.27. The fourth-order valence-electron chi connectivity index (χ4n) is 0.991. The second-order valence-electron chi connectivity index (χ2n) is 3.27. The molecule has 0 aliphatic heterocycles. The molecule has 0 spiro atoms. The van der Waals surface area contributed by atoms with Gasteiger partial charge in [-0.25, -0.2) is 4.79 Å². The van der Waals surface area contributed by atoms with Crippen molar-refractivity contribution in [3.63, 3.8) is 0 Å². The fraction of sp³-hybridized carbons (Fsp3) is 0.900. The van der Waals surface area contributed by atoms with Gasteiger partial charge in [0.05, 0.1) is 12.7 Å². The molecule has 3 nitrogen and oxygen atoms in total. The lowest BCUT2D eigenvalue weighted by Gasteiger charge is -2.06. The van der Waals surface area contributed by atoms with E-state index < -0.39 is 0 Å². The highest BCUT2D eigenvalue weighted by Crippen LogP contribution is 2.01. The van der Waals surface area contributed by atoms with Gasteiger partial charge in [0.1, 0.15) is 0 Å². The lowest BCUT2D eigenvalue weighted by molar-refractivity contribution is 0.0755. The van der Waals surface area contributed by atoms with Gasteiger partial charge in [0.15, 0.2) is 0 Å². The van der Waals surface area contributed by atoms with Crippen molar-refractivity contribution in [3.8, 4) is 0 Å². The molecule has 0 saturated heterocycles. The highest BCUT2D eigenvalue weighted by Gasteiger charge is 1.93. The van der Waals surface area contributed by atoms with Crippen LogP contribution in [0.5, 0.6) is 0 Å². The summed E-state index contributed by atoms with van der Waals surface area (Å²) in [6.07, 6.45) is 4.56. The van der Waals surface area contributed by atoms with Crippen molar-refractivity contribution >= 4 is 6.47 Å². The van der Waals surface area contributed by atoms with Crippen LogP contribution in [0.3, 0.4) is 0 Å². The maximum Gasteiger partial charge on any atom is 0.417 e. The average molecular weight is 187 g/mol. The summed E-state index contributed by atoms with van der Waals surface area (Å²) in [5.41, 5.74) is 0. The predicted molar refractivity (Wildman–Crippen MR) is 51.2 cm³/mol. The molecule has 0 aliphatic rings. The Hall–Kier alpha value is -0.570. The molecule has 0 aromatic heterocycles. The Morgan fingerprint density at radius 3 is 2.23 bits per heavy atom. The van der Waals surface area contributed by atoms with E-state index in [1.807, 2.05) is 13.8 Å². The molecule has 0 heterocycles. The zero-order valence-corrected chi connectivity index (χ0v) is 8.54. The van der Waals surface area contributed by atoms with Gasteiger partial charge in [0.2, 0.25) is 0 Å². The van der Waals surface area contributed by atoms with Crippen molar-refractivity contribution in [2.45, 2.75) is 45.6 Å². The van der Waals surface area contributed by atoms with Gasteiger partial charge in [-0.3, -0.25) is 0 Å². The second-order valence-corrected chi connectivity index (χ2v) is 3.27. The molecule has 0 saturated carbocycles. The van der Waals surface area contributed by atoms with E-state index in [9.17, 15) is 4.79 Å². The van der Waals surface area contributed by atoms with Crippen molar-refractivity contribution in [2.24, 2.45) is 0 Å². The van der Waals surface area contributed by atoms with E-state index in [0.29, 0.717) is 12.7 Å². The van der Waals surface area contributed by atoms with Gasteiger partial charge >= 0.3 is 6.47 Å². The molecular formula is C10H19O3. The van der Waals surface area contributed by atoms with E-state index in [0.717, 1.165) is 32.3 Å². The highest BCUT2D eigenvalue weighted by molar-refractivity contribution is 5.37. The van der Waals surface area contributed by atoms with Crippen LogP contribution in [0.2, 0.25) is 0 Å². The van der Waals surface area contributed by atoms with Crippen LogP contribution in [-0.4, -0.2) is 25.8 Å². The minimum Gasteiger partial charge on any atom is -0.457 e. The summed E-state index contributed by atoms with van der Waals surface area (Å²) in [4.78, 5) is 9.65. The molecule has 0 bridgehead atoms. The smallest absolute Gasteiger partial charge is 0.417 e. The molecule has 0 amide bonds. The highest BCUT2D eigenvalue weighted by atomic mass is 16.5. The average Bonchev–Trinajstić information content (AvgIpc) is 2.09. The van der Waals surface area contributed by atoms with Crippen LogP contribution in [0, 0.1) is 0 Å².